The quantitative estimate of drug-likeness (QED) is 0.388. The number of nitrogens with zero attached hydrogens (tertiary/aromatic N) is 2. The molecule has 4 aromatic rings. The van der Waals surface area contributed by atoms with Crippen LogP contribution in [0.4, 0.5) is 0 Å². The highest BCUT2D eigenvalue weighted by Crippen LogP contribution is 2.26. The lowest BCUT2D eigenvalue weighted by Gasteiger charge is -2.10. The van der Waals surface area contributed by atoms with Gasteiger partial charge >= 0.3 is 5.97 Å². The van der Waals surface area contributed by atoms with Crippen LogP contribution in [0.5, 0.6) is 5.75 Å². The molecule has 0 unspecified atom stereocenters. The summed E-state index contributed by atoms with van der Waals surface area (Å²) in [7, 11) is 0. The first kappa shape index (κ1) is 18.9. The van der Waals surface area contributed by atoms with E-state index in [4.69, 9.17) is 13.9 Å². The van der Waals surface area contributed by atoms with Gasteiger partial charge in [0, 0.05) is 0 Å². The van der Waals surface area contributed by atoms with Gasteiger partial charge in [-0.2, -0.15) is 0 Å². The minimum Gasteiger partial charge on any atom is -0.489 e. The predicted molar refractivity (Wildman–Crippen MR) is 109 cm³/mol. The largest absolute Gasteiger partial charge is 0.489 e. The maximum absolute atomic E-state index is 12.4. The zero-order valence-electron chi connectivity index (χ0n) is 15.6. The Morgan fingerprint density at radius 3 is 2.55 bits per heavy atom. The number of benzene rings is 2. The maximum atomic E-state index is 12.4. The highest BCUT2D eigenvalue weighted by atomic mass is 32.1. The third-order valence-corrected chi connectivity index (χ3v) is 5.00. The SMILES string of the molecule is C[C@H](OC(=O)c1ccc(OCc2ccccc2)cc1)c1nnc(-c2cccs2)o1. The summed E-state index contributed by atoms with van der Waals surface area (Å²) in [5.74, 6) is 0.876. The summed E-state index contributed by atoms with van der Waals surface area (Å²) >= 11 is 1.50. The van der Waals surface area contributed by atoms with Gasteiger partial charge in [-0.15, -0.1) is 21.5 Å². The molecule has 0 aliphatic carbocycles. The van der Waals surface area contributed by atoms with Crippen LogP contribution in [0.1, 0.15) is 34.8 Å². The first-order valence-electron chi connectivity index (χ1n) is 9.04. The van der Waals surface area contributed by atoms with Crippen LogP contribution in [0.25, 0.3) is 10.8 Å². The first-order chi connectivity index (χ1) is 14.2. The summed E-state index contributed by atoms with van der Waals surface area (Å²) in [6, 6.07) is 20.5. The second-order valence-corrected chi connectivity index (χ2v) is 7.22. The fraction of sp³-hybridized carbons (Fsp3) is 0.136. The smallest absolute Gasteiger partial charge is 0.338 e. The second-order valence-electron chi connectivity index (χ2n) is 6.27. The number of carbonyl (C=O) groups is 1. The van der Waals surface area contributed by atoms with Crippen LogP contribution in [0.15, 0.2) is 76.5 Å². The molecule has 2 aromatic carbocycles. The Bertz CT molecular complexity index is 1060. The van der Waals surface area contributed by atoms with Gasteiger partial charge in [-0.1, -0.05) is 36.4 Å². The number of thiophene rings is 1. The molecule has 0 amide bonds. The average molecular weight is 406 g/mol. The zero-order valence-corrected chi connectivity index (χ0v) is 16.5. The third-order valence-electron chi connectivity index (χ3n) is 4.14. The fourth-order valence-corrected chi connectivity index (χ4v) is 3.25. The molecule has 2 aromatic heterocycles. The number of carbonyl (C=O) groups excluding carboxylic acids is 1. The van der Waals surface area contributed by atoms with Crippen molar-refractivity contribution in [3.63, 3.8) is 0 Å². The summed E-state index contributed by atoms with van der Waals surface area (Å²) in [6.07, 6.45) is -0.655. The van der Waals surface area contributed by atoms with Crippen molar-refractivity contribution in [3.8, 4) is 16.5 Å². The molecule has 0 bridgehead atoms. The molecule has 0 aliphatic rings. The van der Waals surface area contributed by atoms with E-state index in [1.807, 2.05) is 47.8 Å². The van der Waals surface area contributed by atoms with Crippen molar-refractivity contribution in [2.24, 2.45) is 0 Å². The molecule has 146 valence electrons. The van der Waals surface area contributed by atoms with Crippen molar-refractivity contribution in [1.82, 2.24) is 10.2 Å². The van der Waals surface area contributed by atoms with Crippen LogP contribution >= 0.6 is 11.3 Å². The van der Waals surface area contributed by atoms with Gasteiger partial charge in [-0.3, -0.25) is 0 Å². The number of aromatic nitrogens is 2. The number of esters is 1. The lowest BCUT2D eigenvalue weighted by molar-refractivity contribution is 0.0280. The molecule has 0 N–H and O–H groups in total. The molecule has 6 nitrogen and oxygen atoms in total. The molecule has 29 heavy (non-hydrogen) atoms. The molecule has 0 spiro atoms. The lowest BCUT2D eigenvalue weighted by Crippen LogP contribution is -2.09. The van der Waals surface area contributed by atoms with Crippen LogP contribution in [0.2, 0.25) is 0 Å². The number of hydrogen-bond acceptors (Lipinski definition) is 7. The molecule has 0 radical (unpaired) electrons. The predicted octanol–water partition coefficient (Wildman–Crippen LogP) is 5.30. The third kappa shape index (κ3) is 4.70. The average Bonchev–Trinajstić information content (AvgIpc) is 3.45. The summed E-state index contributed by atoms with van der Waals surface area (Å²) in [6.45, 7) is 2.16. The van der Waals surface area contributed by atoms with Gasteiger partial charge in [0.05, 0.1) is 10.4 Å². The van der Waals surface area contributed by atoms with E-state index in [1.54, 1.807) is 31.2 Å². The van der Waals surface area contributed by atoms with Crippen LogP contribution < -0.4 is 4.74 Å². The van der Waals surface area contributed by atoms with Gasteiger partial charge in [0.1, 0.15) is 12.4 Å². The Morgan fingerprint density at radius 1 is 1.03 bits per heavy atom. The Morgan fingerprint density at radius 2 is 1.83 bits per heavy atom. The van der Waals surface area contributed by atoms with Gasteiger partial charge in [-0.05, 0) is 48.2 Å². The summed E-state index contributed by atoms with van der Waals surface area (Å²) < 4.78 is 16.8. The monoisotopic (exact) mass is 406 g/mol. The summed E-state index contributed by atoms with van der Waals surface area (Å²) in [5, 5.41) is 9.91. The van der Waals surface area contributed by atoms with Crippen molar-refractivity contribution in [3.05, 3.63) is 89.1 Å². The molecule has 0 aliphatic heterocycles. The number of ether oxygens (including phenoxy) is 2. The molecular formula is C22H18N2O4S. The molecular weight excluding hydrogens is 388 g/mol. The first-order valence-corrected chi connectivity index (χ1v) is 9.92. The second kappa shape index (κ2) is 8.70. The normalized spacial score (nSPS) is 11.8. The lowest BCUT2D eigenvalue weighted by atomic mass is 10.2. The van der Waals surface area contributed by atoms with Gasteiger partial charge < -0.3 is 13.9 Å². The van der Waals surface area contributed by atoms with E-state index in [0.29, 0.717) is 23.8 Å². The van der Waals surface area contributed by atoms with Crippen LogP contribution in [0.3, 0.4) is 0 Å². The molecule has 4 rings (SSSR count). The fourth-order valence-electron chi connectivity index (χ4n) is 2.61. The van der Waals surface area contributed by atoms with E-state index < -0.39 is 12.1 Å². The van der Waals surface area contributed by atoms with Crippen molar-refractivity contribution in [2.45, 2.75) is 19.6 Å². The highest BCUT2D eigenvalue weighted by molar-refractivity contribution is 7.13. The van der Waals surface area contributed by atoms with Crippen molar-refractivity contribution in [2.75, 3.05) is 0 Å². The minimum absolute atomic E-state index is 0.254. The van der Waals surface area contributed by atoms with Crippen molar-refractivity contribution in [1.29, 1.82) is 0 Å². The van der Waals surface area contributed by atoms with E-state index in [0.717, 1.165) is 10.4 Å². The molecule has 0 saturated heterocycles. The molecule has 7 heteroatoms. The number of hydrogen-bond donors (Lipinski definition) is 0. The number of rotatable bonds is 7. The summed E-state index contributed by atoms with van der Waals surface area (Å²) in [5.41, 5.74) is 1.49. The Kier molecular flexibility index (Phi) is 5.67. The van der Waals surface area contributed by atoms with Gasteiger partial charge in [0.15, 0.2) is 6.10 Å². The van der Waals surface area contributed by atoms with E-state index in [1.165, 1.54) is 11.3 Å². The van der Waals surface area contributed by atoms with Gasteiger partial charge in [0.25, 0.3) is 11.8 Å². The Labute approximate surface area is 171 Å². The molecule has 0 fully saturated rings. The standard InChI is InChI=1S/C22H18N2O4S/c1-15(20-23-24-21(28-20)19-8-5-13-29-19)27-22(25)17-9-11-18(12-10-17)26-14-16-6-3-2-4-7-16/h2-13,15H,14H2,1H3/t15-/m0/s1. The Balaban J connectivity index is 1.34. The van der Waals surface area contributed by atoms with E-state index in [-0.39, 0.29) is 5.89 Å². The Hall–Kier alpha value is -3.45. The van der Waals surface area contributed by atoms with Crippen LogP contribution in [0, 0.1) is 0 Å². The van der Waals surface area contributed by atoms with Gasteiger partial charge in [-0.25, -0.2) is 4.79 Å². The van der Waals surface area contributed by atoms with Crippen molar-refractivity contribution < 1.29 is 18.7 Å². The van der Waals surface area contributed by atoms with E-state index >= 15 is 0 Å². The van der Waals surface area contributed by atoms with Crippen molar-refractivity contribution >= 4 is 17.3 Å². The highest BCUT2D eigenvalue weighted by Gasteiger charge is 2.20. The van der Waals surface area contributed by atoms with Crippen LogP contribution in [-0.2, 0) is 11.3 Å². The topological polar surface area (TPSA) is 74.5 Å². The summed E-state index contributed by atoms with van der Waals surface area (Å²) in [4.78, 5) is 13.3. The van der Waals surface area contributed by atoms with E-state index in [9.17, 15) is 4.79 Å². The van der Waals surface area contributed by atoms with E-state index in [2.05, 4.69) is 10.2 Å². The molecule has 1 atom stereocenters. The molecule has 0 saturated carbocycles. The van der Waals surface area contributed by atoms with Gasteiger partial charge in [0.2, 0.25) is 0 Å². The maximum Gasteiger partial charge on any atom is 0.338 e. The molecule has 2 heterocycles. The van der Waals surface area contributed by atoms with Crippen LogP contribution in [-0.4, -0.2) is 16.2 Å². The minimum atomic E-state index is -0.655. The zero-order chi connectivity index (χ0) is 20.1.